The van der Waals surface area contributed by atoms with Gasteiger partial charge in [-0.25, -0.2) is 13.1 Å². The zero-order valence-electron chi connectivity index (χ0n) is 9.89. The second-order valence-corrected chi connectivity index (χ2v) is 5.05. The predicted molar refractivity (Wildman–Crippen MR) is 59.7 cm³/mol. The van der Waals surface area contributed by atoms with Crippen LogP contribution in [0.15, 0.2) is 0 Å². The van der Waals surface area contributed by atoms with Crippen molar-refractivity contribution >= 4 is 22.0 Å². The minimum atomic E-state index is -3.56. The highest BCUT2D eigenvalue weighted by molar-refractivity contribution is 7.89. The lowest BCUT2D eigenvalue weighted by Gasteiger charge is -2.05. The largest absolute Gasteiger partial charge is 0.469 e. The van der Waals surface area contributed by atoms with Crippen LogP contribution in [0.25, 0.3) is 0 Å². The Hall–Kier alpha value is -1.15. The molecule has 0 spiro atoms. The van der Waals surface area contributed by atoms with E-state index in [1.54, 1.807) is 6.92 Å². The highest BCUT2D eigenvalue weighted by atomic mass is 32.2. The summed E-state index contributed by atoms with van der Waals surface area (Å²) < 4.78 is 33.7. The molecule has 0 saturated heterocycles. The highest BCUT2D eigenvalue weighted by Gasteiger charge is 2.13. The molecule has 0 unspecified atom stereocenters. The van der Waals surface area contributed by atoms with Gasteiger partial charge in [-0.05, 0) is 13.3 Å². The average Bonchev–Trinajstić information content (AvgIpc) is 2.26. The fraction of sp³-hybridized carbons (Fsp3) is 0.778. The number of hydrogen-bond donors (Lipinski definition) is 1. The van der Waals surface area contributed by atoms with E-state index in [9.17, 15) is 18.0 Å². The molecule has 7 nitrogen and oxygen atoms in total. The van der Waals surface area contributed by atoms with Crippen molar-refractivity contribution in [2.45, 2.75) is 19.8 Å². The lowest BCUT2D eigenvalue weighted by Crippen LogP contribution is -2.32. The Balaban J connectivity index is 3.88. The topological polar surface area (TPSA) is 98.8 Å². The average molecular weight is 267 g/mol. The maximum Gasteiger partial charge on any atom is 0.320 e. The van der Waals surface area contributed by atoms with Crippen molar-refractivity contribution in [3.8, 4) is 0 Å². The lowest BCUT2D eigenvalue weighted by molar-refractivity contribution is -0.142. The Kier molecular flexibility index (Phi) is 7.47. The third-order valence-electron chi connectivity index (χ3n) is 1.76. The second-order valence-electron chi connectivity index (χ2n) is 3.12. The molecule has 17 heavy (non-hydrogen) atoms. The molecule has 0 aromatic carbocycles. The van der Waals surface area contributed by atoms with Crippen LogP contribution in [0.4, 0.5) is 0 Å². The van der Waals surface area contributed by atoms with Gasteiger partial charge in [0.05, 0.1) is 19.5 Å². The van der Waals surface area contributed by atoms with Crippen LogP contribution in [0.1, 0.15) is 19.8 Å². The van der Waals surface area contributed by atoms with Crippen LogP contribution in [0.2, 0.25) is 0 Å². The van der Waals surface area contributed by atoms with Crippen LogP contribution in [-0.2, 0) is 29.1 Å². The summed E-state index contributed by atoms with van der Waals surface area (Å²) in [5.74, 6) is -1.34. The van der Waals surface area contributed by atoms with E-state index in [0.29, 0.717) is 0 Å². The van der Waals surface area contributed by atoms with Gasteiger partial charge in [-0.1, -0.05) is 0 Å². The SMILES string of the molecule is CCOC(=O)CNS(=O)(=O)CCCC(=O)OC. The van der Waals surface area contributed by atoms with E-state index in [2.05, 4.69) is 14.2 Å². The molecule has 8 heteroatoms. The standard InChI is InChI=1S/C9H17NO6S/c1-3-16-9(12)7-10-17(13,14)6-4-5-8(11)15-2/h10H,3-7H2,1-2H3. The maximum atomic E-state index is 11.3. The summed E-state index contributed by atoms with van der Waals surface area (Å²) in [5.41, 5.74) is 0. The zero-order chi connectivity index (χ0) is 13.3. The van der Waals surface area contributed by atoms with Gasteiger partial charge < -0.3 is 9.47 Å². The Morgan fingerprint density at radius 2 is 1.88 bits per heavy atom. The lowest BCUT2D eigenvalue weighted by atomic mass is 10.3. The summed E-state index contributed by atoms with van der Waals surface area (Å²) in [4.78, 5) is 21.6. The number of carbonyl (C=O) groups excluding carboxylic acids is 2. The van der Waals surface area contributed by atoms with E-state index in [4.69, 9.17) is 0 Å². The van der Waals surface area contributed by atoms with Crippen molar-refractivity contribution in [2.24, 2.45) is 0 Å². The van der Waals surface area contributed by atoms with Crippen molar-refractivity contribution in [3.05, 3.63) is 0 Å². The molecular formula is C9H17NO6S. The number of hydrogen-bond acceptors (Lipinski definition) is 6. The molecule has 0 aromatic rings. The van der Waals surface area contributed by atoms with Crippen LogP contribution in [-0.4, -0.2) is 46.4 Å². The van der Waals surface area contributed by atoms with E-state index < -0.39 is 28.5 Å². The monoisotopic (exact) mass is 267 g/mol. The molecule has 0 atom stereocenters. The molecule has 0 fully saturated rings. The van der Waals surface area contributed by atoms with Gasteiger partial charge in [-0.3, -0.25) is 9.59 Å². The van der Waals surface area contributed by atoms with E-state index in [1.165, 1.54) is 7.11 Å². The minimum Gasteiger partial charge on any atom is -0.469 e. The Labute approximate surface area is 101 Å². The van der Waals surface area contributed by atoms with E-state index >= 15 is 0 Å². The van der Waals surface area contributed by atoms with Crippen molar-refractivity contribution in [3.63, 3.8) is 0 Å². The van der Waals surface area contributed by atoms with Gasteiger partial charge in [0.2, 0.25) is 10.0 Å². The molecular weight excluding hydrogens is 250 g/mol. The molecule has 0 amide bonds. The van der Waals surface area contributed by atoms with Crippen molar-refractivity contribution < 1.29 is 27.5 Å². The number of nitrogens with one attached hydrogen (secondary N) is 1. The molecule has 0 aliphatic carbocycles. The molecule has 0 aliphatic heterocycles. The molecule has 0 saturated carbocycles. The quantitative estimate of drug-likeness (QED) is 0.591. The third kappa shape index (κ3) is 8.64. The van der Waals surface area contributed by atoms with Gasteiger partial charge >= 0.3 is 11.9 Å². The summed E-state index contributed by atoms with van der Waals surface area (Å²) in [6.45, 7) is 1.43. The van der Waals surface area contributed by atoms with E-state index in [0.717, 1.165) is 0 Å². The number of esters is 2. The van der Waals surface area contributed by atoms with Gasteiger partial charge in [-0.2, -0.15) is 0 Å². The number of rotatable bonds is 8. The van der Waals surface area contributed by atoms with Crippen molar-refractivity contribution in [1.29, 1.82) is 0 Å². The highest BCUT2D eigenvalue weighted by Crippen LogP contribution is 1.96. The van der Waals surface area contributed by atoms with Gasteiger partial charge in [0.15, 0.2) is 0 Å². The second kappa shape index (κ2) is 8.02. The number of ether oxygens (including phenoxy) is 2. The first-order valence-corrected chi connectivity index (χ1v) is 6.76. The third-order valence-corrected chi connectivity index (χ3v) is 3.17. The van der Waals surface area contributed by atoms with Gasteiger partial charge in [0.1, 0.15) is 6.54 Å². The van der Waals surface area contributed by atoms with Crippen LogP contribution >= 0.6 is 0 Å². The smallest absolute Gasteiger partial charge is 0.320 e. The molecule has 0 radical (unpaired) electrons. The van der Waals surface area contributed by atoms with Crippen molar-refractivity contribution in [2.75, 3.05) is 26.0 Å². The van der Waals surface area contributed by atoms with E-state index in [1.807, 2.05) is 0 Å². The Bertz CT molecular complexity index is 350. The summed E-state index contributed by atoms with van der Waals surface area (Å²) >= 11 is 0. The number of sulfonamides is 1. The predicted octanol–water partition coefficient (Wildman–Crippen LogP) is -0.578. The summed E-state index contributed by atoms with van der Waals surface area (Å²) in [7, 11) is -2.33. The Morgan fingerprint density at radius 1 is 1.24 bits per heavy atom. The molecule has 0 bridgehead atoms. The van der Waals surface area contributed by atoms with Gasteiger partial charge in [0, 0.05) is 6.42 Å². The minimum absolute atomic E-state index is 0.0246. The molecule has 100 valence electrons. The molecule has 0 heterocycles. The van der Waals surface area contributed by atoms with E-state index in [-0.39, 0.29) is 25.2 Å². The summed E-state index contributed by atoms with van der Waals surface area (Å²) in [6.07, 6.45) is 0.168. The zero-order valence-corrected chi connectivity index (χ0v) is 10.7. The number of methoxy groups -OCH3 is 1. The number of carbonyl (C=O) groups is 2. The van der Waals surface area contributed by atoms with Gasteiger partial charge in [-0.15, -0.1) is 0 Å². The maximum absolute atomic E-state index is 11.3. The Morgan fingerprint density at radius 3 is 2.41 bits per heavy atom. The van der Waals surface area contributed by atoms with Crippen LogP contribution in [0, 0.1) is 0 Å². The normalized spacial score (nSPS) is 10.9. The van der Waals surface area contributed by atoms with Crippen molar-refractivity contribution in [1.82, 2.24) is 4.72 Å². The summed E-state index contributed by atoms with van der Waals surface area (Å²) in [6, 6.07) is 0. The fourth-order valence-electron chi connectivity index (χ4n) is 0.962. The molecule has 1 N–H and O–H groups in total. The van der Waals surface area contributed by atoms with Gasteiger partial charge in [0.25, 0.3) is 0 Å². The molecule has 0 aromatic heterocycles. The van der Waals surface area contributed by atoms with Crippen LogP contribution < -0.4 is 4.72 Å². The first kappa shape index (κ1) is 15.9. The summed E-state index contributed by atoms with van der Waals surface area (Å²) in [5, 5.41) is 0. The van der Waals surface area contributed by atoms with Crippen LogP contribution in [0.5, 0.6) is 0 Å². The molecule has 0 aliphatic rings. The first-order valence-electron chi connectivity index (χ1n) is 5.11. The molecule has 0 rings (SSSR count). The van der Waals surface area contributed by atoms with Crippen LogP contribution in [0.3, 0.4) is 0 Å². The fourth-order valence-corrected chi connectivity index (χ4v) is 1.97. The first-order chi connectivity index (χ1) is 7.91.